The Morgan fingerprint density at radius 3 is 2.48 bits per heavy atom. The third-order valence-electron chi connectivity index (χ3n) is 6.15. The van der Waals surface area contributed by atoms with Crippen molar-refractivity contribution in [1.82, 2.24) is 0 Å². The molecule has 33 heavy (non-hydrogen) atoms. The maximum Gasteiger partial charge on any atom is 0.161 e. The molecule has 1 saturated heterocycles. The topological polar surface area (TPSA) is 118 Å². The van der Waals surface area contributed by atoms with Crippen molar-refractivity contribution in [3.05, 3.63) is 57.9 Å². The Labute approximate surface area is 197 Å². The van der Waals surface area contributed by atoms with Crippen molar-refractivity contribution in [1.29, 1.82) is 0 Å². The van der Waals surface area contributed by atoms with Crippen LogP contribution in [0.3, 0.4) is 0 Å². The van der Waals surface area contributed by atoms with Crippen molar-refractivity contribution in [3.63, 3.8) is 0 Å². The van der Waals surface area contributed by atoms with Crippen molar-refractivity contribution in [2.24, 2.45) is 0 Å². The number of aliphatic hydroxyl groups is 4. The summed E-state index contributed by atoms with van der Waals surface area (Å²) in [5.41, 5.74) is 2.93. The molecule has 5 atom stereocenters. The molecule has 1 fully saturated rings. The van der Waals surface area contributed by atoms with E-state index in [1.54, 1.807) is 0 Å². The Morgan fingerprint density at radius 1 is 1.03 bits per heavy atom. The van der Waals surface area contributed by atoms with E-state index >= 15 is 0 Å². The number of ether oxygens (including phenoxy) is 4. The SMILES string of the molecule is C=C(C1=C(C(Cl)=C(C)Cc2ccc3c(c2)OCCO3)OCC1)C1OC(CO)C(O)C(O)C1O. The lowest BCUT2D eigenvalue weighted by Gasteiger charge is -2.41. The predicted octanol–water partition coefficient (Wildman–Crippen LogP) is 1.59. The lowest BCUT2D eigenvalue weighted by molar-refractivity contribution is -0.218. The molecule has 5 unspecified atom stereocenters. The first-order chi connectivity index (χ1) is 15.8. The van der Waals surface area contributed by atoms with Gasteiger partial charge in [0.1, 0.15) is 49.5 Å². The smallest absolute Gasteiger partial charge is 0.161 e. The Balaban J connectivity index is 1.57. The number of aliphatic hydroxyl groups excluding tert-OH is 4. The Hall–Kier alpha value is -2.07. The van der Waals surface area contributed by atoms with Crippen LogP contribution in [0, 0.1) is 0 Å². The molecule has 0 radical (unpaired) electrons. The number of fused-ring (bicyclic) bond motifs is 1. The second-order valence-corrected chi connectivity index (χ2v) is 8.81. The van der Waals surface area contributed by atoms with Crippen LogP contribution in [0.5, 0.6) is 11.5 Å². The molecule has 3 aliphatic heterocycles. The van der Waals surface area contributed by atoms with Gasteiger partial charge in [-0.2, -0.15) is 0 Å². The minimum absolute atomic E-state index is 0.384. The van der Waals surface area contributed by atoms with Crippen molar-refractivity contribution in [3.8, 4) is 11.5 Å². The van der Waals surface area contributed by atoms with Crippen LogP contribution in [0.25, 0.3) is 0 Å². The zero-order valence-electron chi connectivity index (χ0n) is 18.4. The Morgan fingerprint density at radius 2 is 1.76 bits per heavy atom. The summed E-state index contributed by atoms with van der Waals surface area (Å²) in [5, 5.41) is 40.6. The maximum absolute atomic E-state index is 10.5. The molecule has 0 saturated carbocycles. The summed E-state index contributed by atoms with van der Waals surface area (Å²) in [6, 6.07) is 5.77. The van der Waals surface area contributed by atoms with Gasteiger partial charge in [0.25, 0.3) is 0 Å². The van der Waals surface area contributed by atoms with Gasteiger partial charge in [-0.05, 0) is 42.2 Å². The van der Waals surface area contributed by atoms with Gasteiger partial charge < -0.3 is 39.4 Å². The van der Waals surface area contributed by atoms with Crippen molar-refractivity contribution in [2.45, 2.75) is 50.3 Å². The average Bonchev–Trinajstić information content (AvgIpc) is 3.31. The molecule has 0 bridgehead atoms. The van der Waals surface area contributed by atoms with Crippen LogP contribution in [-0.4, -0.2) is 77.4 Å². The van der Waals surface area contributed by atoms with Crippen molar-refractivity contribution < 1.29 is 39.4 Å². The first kappa shape index (κ1) is 24.1. The molecule has 9 heteroatoms. The summed E-state index contributed by atoms with van der Waals surface area (Å²) in [6.07, 6.45) is -5.30. The van der Waals surface area contributed by atoms with Crippen LogP contribution >= 0.6 is 11.6 Å². The third kappa shape index (κ3) is 4.77. The summed E-state index contributed by atoms with van der Waals surface area (Å²) >= 11 is 6.72. The zero-order valence-corrected chi connectivity index (χ0v) is 19.1. The summed E-state index contributed by atoms with van der Waals surface area (Å²) < 4.78 is 22.7. The second-order valence-electron chi connectivity index (χ2n) is 8.43. The molecule has 3 aliphatic rings. The summed E-state index contributed by atoms with van der Waals surface area (Å²) in [6.45, 7) is 6.88. The first-order valence-electron chi connectivity index (χ1n) is 10.9. The summed E-state index contributed by atoms with van der Waals surface area (Å²) in [7, 11) is 0. The summed E-state index contributed by atoms with van der Waals surface area (Å²) in [4.78, 5) is 0. The lowest BCUT2D eigenvalue weighted by atomic mass is 9.87. The van der Waals surface area contributed by atoms with Crippen LogP contribution in [0.4, 0.5) is 0 Å². The van der Waals surface area contributed by atoms with Crippen LogP contribution < -0.4 is 9.47 Å². The second kappa shape index (κ2) is 10.0. The number of hydrogen-bond acceptors (Lipinski definition) is 8. The van der Waals surface area contributed by atoms with Gasteiger partial charge in [0.2, 0.25) is 0 Å². The third-order valence-corrected chi connectivity index (χ3v) is 6.64. The van der Waals surface area contributed by atoms with Gasteiger partial charge in [-0.1, -0.05) is 24.2 Å². The highest BCUT2D eigenvalue weighted by atomic mass is 35.5. The van der Waals surface area contributed by atoms with E-state index in [1.165, 1.54) is 0 Å². The molecule has 1 aromatic carbocycles. The highest BCUT2D eigenvalue weighted by Crippen LogP contribution is 2.39. The molecule has 4 N–H and O–H groups in total. The van der Waals surface area contributed by atoms with E-state index in [4.69, 9.17) is 30.5 Å². The van der Waals surface area contributed by atoms with Crippen LogP contribution in [0.1, 0.15) is 18.9 Å². The highest BCUT2D eigenvalue weighted by Gasteiger charge is 2.45. The monoisotopic (exact) mass is 480 g/mol. The van der Waals surface area contributed by atoms with E-state index in [0.29, 0.717) is 60.3 Å². The van der Waals surface area contributed by atoms with Gasteiger partial charge in [0.05, 0.1) is 18.2 Å². The molecule has 0 amide bonds. The van der Waals surface area contributed by atoms with Gasteiger partial charge >= 0.3 is 0 Å². The van der Waals surface area contributed by atoms with Gasteiger partial charge in [0, 0.05) is 12.0 Å². The van der Waals surface area contributed by atoms with Crippen molar-refractivity contribution in [2.75, 3.05) is 26.4 Å². The van der Waals surface area contributed by atoms with E-state index in [9.17, 15) is 20.4 Å². The zero-order chi connectivity index (χ0) is 23.7. The quantitative estimate of drug-likeness (QED) is 0.485. The fraction of sp³-hybridized carbons (Fsp3) is 0.500. The fourth-order valence-corrected chi connectivity index (χ4v) is 4.53. The van der Waals surface area contributed by atoms with Gasteiger partial charge in [0.15, 0.2) is 11.5 Å². The van der Waals surface area contributed by atoms with Crippen molar-refractivity contribution >= 4 is 11.6 Å². The molecule has 1 aromatic rings. The van der Waals surface area contributed by atoms with E-state index in [0.717, 1.165) is 16.9 Å². The van der Waals surface area contributed by atoms with Crippen LogP contribution in [0.15, 0.2) is 52.3 Å². The maximum atomic E-state index is 10.5. The number of hydrogen-bond donors (Lipinski definition) is 4. The highest BCUT2D eigenvalue weighted by molar-refractivity contribution is 6.32. The van der Waals surface area contributed by atoms with Gasteiger partial charge in [-0.25, -0.2) is 0 Å². The molecule has 0 spiro atoms. The fourth-order valence-electron chi connectivity index (χ4n) is 4.29. The largest absolute Gasteiger partial charge is 0.491 e. The Bertz CT molecular complexity index is 969. The van der Waals surface area contributed by atoms with Crippen LogP contribution in [-0.2, 0) is 15.9 Å². The van der Waals surface area contributed by atoms with E-state index < -0.39 is 37.1 Å². The lowest BCUT2D eigenvalue weighted by Crippen LogP contribution is -2.58. The molecule has 0 aliphatic carbocycles. The molecule has 8 nitrogen and oxygen atoms in total. The van der Waals surface area contributed by atoms with Gasteiger partial charge in [-0.3, -0.25) is 0 Å². The van der Waals surface area contributed by atoms with E-state index in [-0.39, 0.29) is 0 Å². The van der Waals surface area contributed by atoms with E-state index in [2.05, 4.69) is 6.58 Å². The average molecular weight is 481 g/mol. The molecular formula is C24H29ClO8. The standard InChI is InChI=1S/C24H29ClO8/c1-12(9-14-3-4-16-17(10-14)31-8-7-30-16)19(25)24-15(5-6-32-24)13(2)23-22(29)21(28)20(27)18(11-26)33-23/h3-4,10,18,20-23,26-29H,2,5-9,11H2,1H3. The molecule has 180 valence electrons. The minimum Gasteiger partial charge on any atom is -0.491 e. The predicted molar refractivity (Wildman–Crippen MR) is 120 cm³/mol. The molecule has 4 rings (SSSR count). The number of benzene rings is 1. The number of halogens is 1. The summed E-state index contributed by atoms with van der Waals surface area (Å²) in [5.74, 6) is 1.88. The molecule has 0 aromatic heterocycles. The molecular weight excluding hydrogens is 452 g/mol. The van der Waals surface area contributed by atoms with Crippen LogP contribution in [0.2, 0.25) is 0 Å². The number of allylic oxidation sites excluding steroid dienone is 2. The molecule has 3 heterocycles. The number of rotatable bonds is 6. The normalized spacial score (nSPS) is 30.1. The first-order valence-corrected chi connectivity index (χ1v) is 11.3. The Kier molecular flexibility index (Phi) is 7.33. The van der Waals surface area contributed by atoms with E-state index in [1.807, 2.05) is 25.1 Å². The van der Waals surface area contributed by atoms with Gasteiger partial charge in [-0.15, -0.1) is 0 Å². The minimum atomic E-state index is -1.48.